The second kappa shape index (κ2) is 5.98. The maximum atomic E-state index is 12.6. The molecule has 23 heavy (non-hydrogen) atoms. The van der Waals surface area contributed by atoms with Crippen molar-refractivity contribution in [1.29, 1.82) is 0 Å². The number of para-hydroxylation sites is 1. The first kappa shape index (κ1) is 16.0. The Morgan fingerprint density at radius 2 is 2.17 bits per heavy atom. The smallest absolute Gasteiger partial charge is 0.255 e. The number of rotatable bonds is 5. The first-order valence-corrected chi connectivity index (χ1v) is 8.16. The number of nitrogens with zero attached hydrogens (tertiary/aromatic N) is 2. The molecule has 2 aromatic rings. The molecule has 1 aliphatic carbocycles. The van der Waals surface area contributed by atoms with Crippen molar-refractivity contribution in [1.82, 2.24) is 15.1 Å². The molecular weight excluding hydrogens is 312 g/mol. The van der Waals surface area contributed by atoms with Crippen LogP contribution in [0.3, 0.4) is 0 Å². The fraction of sp³-hybridized carbons (Fsp3) is 0.412. The highest BCUT2D eigenvalue weighted by Crippen LogP contribution is 2.39. The zero-order valence-corrected chi connectivity index (χ0v) is 14.1. The predicted octanol–water partition coefficient (Wildman–Crippen LogP) is 2.69. The monoisotopic (exact) mass is 332 g/mol. The van der Waals surface area contributed by atoms with Crippen LogP contribution in [0, 0.1) is 12.8 Å². The van der Waals surface area contributed by atoms with Gasteiger partial charge in [-0.25, -0.2) is 4.68 Å². The summed E-state index contributed by atoms with van der Waals surface area (Å²) in [7, 11) is 0. The van der Waals surface area contributed by atoms with Gasteiger partial charge in [-0.1, -0.05) is 23.7 Å². The van der Waals surface area contributed by atoms with E-state index in [1.807, 2.05) is 32.0 Å². The van der Waals surface area contributed by atoms with Crippen LogP contribution in [-0.2, 0) is 0 Å². The normalized spacial score (nSPS) is 16.9. The van der Waals surface area contributed by atoms with Crippen molar-refractivity contribution in [2.45, 2.75) is 32.2 Å². The van der Waals surface area contributed by atoms with Crippen LogP contribution in [-0.4, -0.2) is 27.8 Å². The van der Waals surface area contributed by atoms with E-state index in [0.717, 1.165) is 24.2 Å². The molecule has 1 aromatic heterocycles. The third kappa shape index (κ3) is 2.99. The number of nitrogens with two attached hydrogens (primary N) is 1. The largest absolute Gasteiger partial charge is 0.345 e. The van der Waals surface area contributed by atoms with Gasteiger partial charge in [-0.05, 0) is 44.7 Å². The first-order valence-electron chi connectivity index (χ1n) is 7.78. The minimum absolute atomic E-state index is 0.138. The number of hydrogen-bond donors (Lipinski definition) is 2. The molecule has 1 aromatic carbocycles. The van der Waals surface area contributed by atoms with Crippen molar-refractivity contribution in [2.24, 2.45) is 11.7 Å². The van der Waals surface area contributed by atoms with E-state index in [1.165, 1.54) is 0 Å². The van der Waals surface area contributed by atoms with Gasteiger partial charge in [0.15, 0.2) is 0 Å². The maximum Gasteiger partial charge on any atom is 0.255 e. The number of aromatic nitrogens is 2. The molecule has 0 spiro atoms. The Morgan fingerprint density at radius 3 is 2.78 bits per heavy atom. The molecule has 0 bridgehead atoms. The number of benzene rings is 1. The van der Waals surface area contributed by atoms with Gasteiger partial charge in [0, 0.05) is 6.54 Å². The Bertz CT molecular complexity index is 738. The van der Waals surface area contributed by atoms with Crippen molar-refractivity contribution >= 4 is 17.5 Å². The van der Waals surface area contributed by atoms with Crippen LogP contribution in [0.2, 0.25) is 5.02 Å². The molecule has 1 unspecified atom stereocenters. The summed E-state index contributed by atoms with van der Waals surface area (Å²) in [6.45, 7) is 4.31. The van der Waals surface area contributed by atoms with Gasteiger partial charge in [0.1, 0.15) is 0 Å². The van der Waals surface area contributed by atoms with E-state index < -0.39 is 0 Å². The van der Waals surface area contributed by atoms with Crippen LogP contribution in [0.5, 0.6) is 0 Å². The minimum atomic E-state index is -0.351. The molecule has 1 aliphatic rings. The molecule has 1 saturated carbocycles. The minimum Gasteiger partial charge on any atom is -0.345 e. The molecule has 0 aliphatic heterocycles. The van der Waals surface area contributed by atoms with Gasteiger partial charge in [0.2, 0.25) is 0 Å². The van der Waals surface area contributed by atoms with Crippen LogP contribution in [0.1, 0.15) is 35.8 Å². The number of carbonyl (C=O) groups is 1. The van der Waals surface area contributed by atoms with Crippen LogP contribution in [0.4, 0.5) is 0 Å². The zero-order valence-electron chi connectivity index (χ0n) is 13.3. The van der Waals surface area contributed by atoms with Crippen LogP contribution >= 0.6 is 11.6 Å². The third-order valence-electron chi connectivity index (χ3n) is 4.64. The van der Waals surface area contributed by atoms with Crippen molar-refractivity contribution in [3.05, 3.63) is 46.7 Å². The van der Waals surface area contributed by atoms with E-state index in [-0.39, 0.29) is 11.4 Å². The second-order valence-electron chi connectivity index (χ2n) is 6.36. The standard InChI is InChI=1S/C17H21ClN4O/c1-11-13(16(23)21-17(2,10-19)12-7-8-12)9-20-22(11)15-6-4-3-5-14(15)18/h3-6,9,12H,7-8,10,19H2,1-2H3,(H,21,23). The van der Waals surface area contributed by atoms with Crippen LogP contribution in [0.15, 0.2) is 30.5 Å². The highest BCUT2D eigenvalue weighted by Gasteiger charge is 2.42. The maximum absolute atomic E-state index is 12.6. The van der Waals surface area contributed by atoms with Gasteiger partial charge in [0.05, 0.1) is 33.7 Å². The predicted molar refractivity (Wildman–Crippen MR) is 91.0 cm³/mol. The highest BCUT2D eigenvalue weighted by molar-refractivity contribution is 6.32. The average Bonchev–Trinajstić information content (AvgIpc) is 3.32. The number of amides is 1. The van der Waals surface area contributed by atoms with Crippen LogP contribution < -0.4 is 11.1 Å². The van der Waals surface area contributed by atoms with Gasteiger partial charge in [-0.15, -0.1) is 0 Å². The van der Waals surface area contributed by atoms with Gasteiger partial charge in [-0.3, -0.25) is 4.79 Å². The summed E-state index contributed by atoms with van der Waals surface area (Å²) in [5, 5.41) is 8.01. The van der Waals surface area contributed by atoms with Crippen molar-refractivity contribution in [2.75, 3.05) is 6.54 Å². The lowest BCUT2D eigenvalue weighted by Crippen LogP contribution is -2.53. The van der Waals surface area contributed by atoms with Crippen molar-refractivity contribution < 1.29 is 4.79 Å². The molecule has 0 radical (unpaired) electrons. The fourth-order valence-corrected chi connectivity index (χ4v) is 3.08. The molecule has 1 heterocycles. The number of hydrogen-bond acceptors (Lipinski definition) is 3. The molecular formula is C17H21ClN4O. The van der Waals surface area contributed by atoms with Gasteiger partial charge < -0.3 is 11.1 Å². The topological polar surface area (TPSA) is 72.9 Å². The first-order chi connectivity index (χ1) is 11.0. The average molecular weight is 333 g/mol. The van der Waals surface area contributed by atoms with E-state index >= 15 is 0 Å². The Balaban J connectivity index is 1.87. The second-order valence-corrected chi connectivity index (χ2v) is 6.76. The van der Waals surface area contributed by atoms with Crippen LogP contribution in [0.25, 0.3) is 5.69 Å². The number of nitrogens with one attached hydrogen (secondary N) is 1. The zero-order chi connectivity index (χ0) is 16.6. The quantitative estimate of drug-likeness (QED) is 0.884. The molecule has 1 amide bonds. The lowest BCUT2D eigenvalue weighted by Gasteiger charge is -2.29. The molecule has 122 valence electrons. The molecule has 3 N–H and O–H groups in total. The van der Waals surface area contributed by atoms with Gasteiger partial charge in [0.25, 0.3) is 5.91 Å². The van der Waals surface area contributed by atoms with Crippen molar-refractivity contribution in [3.8, 4) is 5.69 Å². The van der Waals surface area contributed by atoms with E-state index in [4.69, 9.17) is 17.3 Å². The molecule has 3 rings (SSSR count). The summed E-state index contributed by atoms with van der Waals surface area (Å²) in [4.78, 5) is 12.6. The summed E-state index contributed by atoms with van der Waals surface area (Å²) in [5.74, 6) is 0.330. The Hall–Kier alpha value is -1.85. The van der Waals surface area contributed by atoms with E-state index in [0.29, 0.717) is 23.0 Å². The van der Waals surface area contributed by atoms with E-state index in [9.17, 15) is 4.79 Å². The molecule has 1 atom stereocenters. The highest BCUT2D eigenvalue weighted by atomic mass is 35.5. The summed E-state index contributed by atoms with van der Waals surface area (Å²) in [5.41, 5.74) is 7.58. The summed E-state index contributed by atoms with van der Waals surface area (Å²) >= 11 is 6.22. The summed E-state index contributed by atoms with van der Waals surface area (Å²) in [6, 6.07) is 7.43. The van der Waals surface area contributed by atoms with Gasteiger partial charge >= 0.3 is 0 Å². The number of carbonyl (C=O) groups excluding carboxylic acids is 1. The molecule has 0 saturated heterocycles. The Labute approximate surface area is 140 Å². The third-order valence-corrected chi connectivity index (χ3v) is 4.96. The SMILES string of the molecule is Cc1c(C(=O)NC(C)(CN)C2CC2)cnn1-c1ccccc1Cl. The van der Waals surface area contributed by atoms with Crippen molar-refractivity contribution in [3.63, 3.8) is 0 Å². The summed E-state index contributed by atoms with van der Waals surface area (Å²) < 4.78 is 1.69. The lowest BCUT2D eigenvalue weighted by atomic mass is 9.95. The Morgan fingerprint density at radius 1 is 1.48 bits per heavy atom. The van der Waals surface area contributed by atoms with Gasteiger partial charge in [-0.2, -0.15) is 5.10 Å². The lowest BCUT2D eigenvalue weighted by molar-refractivity contribution is 0.0897. The Kier molecular flexibility index (Phi) is 4.17. The van der Waals surface area contributed by atoms with E-state index in [2.05, 4.69) is 10.4 Å². The fourth-order valence-electron chi connectivity index (χ4n) is 2.87. The molecule has 5 nitrogen and oxygen atoms in total. The summed E-state index contributed by atoms with van der Waals surface area (Å²) in [6.07, 6.45) is 3.82. The number of halogens is 1. The van der Waals surface area contributed by atoms with E-state index in [1.54, 1.807) is 16.9 Å². The molecule has 6 heteroatoms. The molecule has 1 fully saturated rings.